The van der Waals surface area contributed by atoms with E-state index in [0.29, 0.717) is 28.4 Å². The van der Waals surface area contributed by atoms with E-state index in [9.17, 15) is 18.0 Å². The van der Waals surface area contributed by atoms with Crippen molar-refractivity contribution >= 4 is 17.2 Å². The molecule has 1 N–H and O–H groups in total. The molecule has 1 amide bonds. The Balaban J connectivity index is 1.33. The molecule has 0 aliphatic carbocycles. The molecule has 1 aliphatic rings. The maximum absolute atomic E-state index is 14.0. The van der Waals surface area contributed by atoms with Crippen LogP contribution in [0.4, 0.5) is 18.9 Å². The fourth-order valence-corrected chi connectivity index (χ4v) is 4.79. The highest BCUT2D eigenvalue weighted by atomic mass is 19.4. The molecule has 0 unspecified atom stereocenters. The first-order valence-corrected chi connectivity index (χ1v) is 12.9. The lowest BCUT2D eigenvalue weighted by molar-refractivity contribution is -0.138. The fraction of sp³-hybridized carbons (Fsp3) is 0.300. The van der Waals surface area contributed by atoms with Crippen LogP contribution in [0.3, 0.4) is 0 Å². The lowest BCUT2D eigenvalue weighted by Gasteiger charge is -2.22. The number of fused-ring (bicyclic) bond motifs is 1. The Hall–Kier alpha value is -4.20. The minimum atomic E-state index is -4.54. The van der Waals surface area contributed by atoms with Gasteiger partial charge in [0.15, 0.2) is 5.65 Å². The number of nitrogens with one attached hydrogen (secondary N) is 1. The molecule has 1 aliphatic heterocycles. The van der Waals surface area contributed by atoms with E-state index >= 15 is 0 Å². The molecule has 206 valence electrons. The standard InChI is InChI=1S/C30H29F3N6O/c1-20-4-6-23(14-22(20)7-5-21-16-34-28-10-12-35-39(28)17-21)29(40)36-25-9-8-24(27(15-25)30(31,32)33)18-38-13-11-26(19-38)37(2)3/h4,6,8-10,12,14-17,26H,11,13,18-19H2,1-3H3,(H,36,40)/t26-/m0/s1. The molecule has 0 bridgehead atoms. The molecule has 7 nitrogen and oxygen atoms in total. The maximum atomic E-state index is 14.0. The van der Waals surface area contributed by atoms with Crippen molar-refractivity contribution in [1.29, 1.82) is 0 Å². The molecule has 0 spiro atoms. The molecule has 2 aromatic carbocycles. The summed E-state index contributed by atoms with van der Waals surface area (Å²) in [4.78, 5) is 21.4. The zero-order chi connectivity index (χ0) is 28.4. The van der Waals surface area contributed by atoms with Crippen molar-refractivity contribution in [3.8, 4) is 11.8 Å². The average Bonchev–Trinajstić information content (AvgIpc) is 3.58. The summed E-state index contributed by atoms with van der Waals surface area (Å²) in [6.07, 6.45) is 1.42. The number of amides is 1. The van der Waals surface area contributed by atoms with E-state index < -0.39 is 17.6 Å². The van der Waals surface area contributed by atoms with Crippen LogP contribution in [0, 0.1) is 18.8 Å². The first kappa shape index (κ1) is 27.4. The van der Waals surface area contributed by atoms with Crippen LogP contribution in [0.1, 0.15) is 44.6 Å². The molecule has 0 saturated carbocycles. The molecule has 1 saturated heterocycles. The van der Waals surface area contributed by atoms with Crippen LogP contribution in [0.5, 0.6) is 0 Å². The highest BCUT2D eigenvalue weighted by molar-refractivity contribution is 6.04. The van der Waals surface area contributed by atoms with E-state index in [1.54, 1.807) is 47.4 Å². The molecular weight excluding hydrogens is 517 g/mol. The van der Waals surface area contributed by atoms with Gasteiger partial charge in [0.05, 0.1) is 17.3 Å². The van der Waals surface area contributed by atoms with Gasteiger partial charge in [-0.2, -0.15) is 18.3 Å². The van der Waals surface area contributed by atoms with Gasteiger partial charge in [-0.3, -0.25) is 9.69 Å². The normalized spacial score (nSPS) is 15.8. The van der Waals surface area contributed by atoms with Gasteiger partial charge in [0.25, 0.3) is 5.91 Å². The number of rotatable bonds is 5. The summed E-state index contributed by atoms with van der Waals surface area (Å²) in [5, 5.41) is 6.77. The Morgan fingerprint density at radius 2 is 1.98 bits per heavy atom. The van der Waals surface area contributed by atoms with Crippen LogP contribution in [-0.2, 0) is 12.7 Å². The van der Waals surface area contributed by atoms with E-state index in [1.807, 2.05) is 25.9 Å². The van der Waals surface area contributed by atoms with Crippen LogP contribution in [-0.4, -0.2) is 63.5 Å². The third kappa shape index (κ3) is 6.17. The van der Waals surface area contributed by atoms with Crippen LogP contribution >= 0.6 is 0 Å². The summed E-state index contributed by atoms with van der Waals surface area (Å²) in [5.74, 6) is 5.57. The summed E-state index contributed by atoms with van der Waals surface area (Å²) in [6, 6.07) is 11.1. The quantitative estimate of drug-likeness (QED) is 0.363. The van der Waals surface area contributed by atoms with Crippen molar-refractivity contribution in [1.82, 2.24) is 24.4 Å². The summed E-state index contributed by atoms with van der Waals surface area (Å²) in [7, 11) is 3.96. The Bertz CT molecular complexity index is 1620. The van der Waals surface area contributed by atoms with Gasteiger partial charge < -0.3 is 10.2 Å². The van der Waals surface area contributed by atoms with Gasteiger partial charge in [-0.25, -0.2) is 9.50 Å². The number of alkyl halides is 3. The zero-order valence-corrected chi connectivity index (χ0v) is 22.5. The van der Waals surface area contributed by atoms with E-state index in [4.69, 9.17) is 0 Å². The van der Waals surface area contributed by atoms with Gasteiger partial charge in [0.1, 0.15) is 0 Å². The Morgan fingerprint density at radius 3 is 2.73 bits per heavy atom. The SMILES string of the molecule is Cc1ccc(C(=O)Nc2ccc(CN3CC[C@H](N(C)C)C3)c(C(F)(F)F)c2)cc1C#Cc1cnc2ccnn2c1. The number of carbonyl (C=O) groups excluding carboxylic acids is 1. The van der Waals surface area contributed by atoms with Crippen LogP contribution in [0.15, 0.2) is 61.1 Å². The molecular formula is C30H29F3N6O. The highest BCUT2D eigenvalue weighted by Gasteiger charge is 2.35. The third-order valence-corrected chi connectivity index (χ3v) is 7.13. The van der Waals surface area contributed by atoms with Crippen LogP contribution in [0.2, 0.25) is 0 Å². The minimum absolute atomic E-state index is 0.0838. The molecule has 3 heterocycles. The number of aromatic nitrogens is 3. The number of halogens is 3. The highest BCUT2D eigenvalue weighted by Crippen LogP contribution is 2.35. The zero-order valence-electron chi connectivity index (χ0n) is 22.5. The Morgan fingerprint density at radius 1 is 1.15 bits per heavy atom. The molecule has 4 aromatic rings. The first-order chi connectivity index (χ1) is 19.1. The number of anilines is 1. The Kier molecular flexibility index (Phi) is 7.61. The van der Waals surface area contributed by atoms with Crippen molar-refractivity contribution in [3.63, 3.8) is 0 Å². The predicted molar refractivity (Wildman–Crippen MR) is 147 cm³/mol. The number of carbonyl (C=O) groups is 1. The molecule has 5 rings (SSSR count). The summed E-state index contributed by atoms with van der Waals surface area (Å²) < 4.78 is 43.6. The van der Waals surface area contributed by atoms with Gasteiger partial charge in [0, 0.05) is 61.0 Å². The van der Waals surface area contributed by atoms with E-state index in [-0.39, 0.29) is 17.8 Å². The van der Waals surface area contributed by atoms with E-state index in [1.165, 1.54) is 12.1 Å². The smallest absolute Gasteiger partial charge is 0.322 e. The number of aryl methyl sites for hydroxylation is 1. The number of hydrogen-bond donors (Lipinski definition) is 1. The average molecular weight is 547 g/mol. The number of likely N-dealkylation sites (tertiary alicyclic amines) is 1. The van der Waals surface area contributed by atoms with Crippen molar-refractivity contribution in [3.05, 3.63) is 94.4 Å². The number of nitrogens with zero attached hydrogens (tertiary/aromatic N) is 5. The fourth-order valence-electron chi connectivity index (χ4n) is 4.79. The lowest BCUT2D eigenvalue weighted by atomic mass is 10.0. The second kappa shape index (κ2) is 11.1. The number of benzene rings is 2. The number of likely N-dealkylation sites (N-methyl/N-ethyl adjacent to an activating group) is 1. The van der Waals surface area contributed by atoms with Crippen molar-refractivity contribution in [2.75, 3.05) is 32.5 Å². The second-order valence-corrected chi connectivity index (χ2v) is 10.2. The lowest BCUT2D eigenvalue weighted by Crippen LogP contribution is -2.31. The largest absolute Gasteiger partial charge is 0.416 e. The molecule has 40 heavy (non-hydrogen) atoms. The monoisotopic (exact) mass is 546 g/mol. The summed E-state index contributed by atoms with van der Waals surface area (Å²) in [5.41, 5.74) is 2.67. The van der Waals surface area contributed by atoms with Gasteiger partial charge >= 0.3 is 6.18 Å². The van der Waals surface area contributed by atoms with Gasteiger partial charge in [-0.1, -0.05) is 24.0 Å². The maximum Gasteiger partial charge on any atom is 0.416 e. The minimum Gasteiger partial charge on any atom is -0.322 e. The molecule has 2 aromatic heterocycles. The molecule has 1 fully saturated rings. The van der Waals surface area contributed by atoms with Gasteiger partial charge in [0.2, 0.25) is 0 Å². The topological polar surface area (TPSA) is 65.8 Å². The molecule has 10 heteroatoms. The number of hydrogen-bond acceptors (Lipinski definition) is 5. The third-order valence-electron chi connectivity index (χ3n) is 7.13. The predicted octanol–water partition coefficient (Wildman–Crippen LogP) is 4.84. The Labute approximate surface area is 230 Å². The van der Waals surface area contributed by atoms with Crippen molar-refractivity contribution in [2.45, 2.75) is 32.1 Å². The van der Waals surface area contributed by atoms with Crippen LogP contribution < -0.4 is 5.32 Å². The van der Waals surface area contributed by atoms with Crippen LogP contribution in [0.25, 0.3) is 5.65 Å². The van der Waals surface area contributed by atoms with E-state index in [2.05, 4.69) is 32.1 Å². The second-order valence-electron chi connectivity index (χ2n) is 10.2. The van der Waals surface area contributed by atoms with Gasteiger partial charge in [-0.05, 0) is 62.8 Å². The molecule has 0 radical (unpaired) electrons. The first-order valence-electron chi connectivity index (χ1n) is 12.9. The van der Waals surface area contributed by atoms with Gasteiger partial charge in [-0.15, -0.1) is 0 Å². The van der Waals surface area contributed by atoms with E-state index in [0.717, 1.165) is 31.1 Å². The molecule has 1 atom stereocenters. The summed E-state index contributed by atoms with van der Waals surface area (Å²) in [6.45, 7) is 3.54. The summed E-state index contributed by atoms with van der Waals surface area (Å²) >= 11 is 0. The van der Waals surface area contributed by atoms with Crippen molar-refractivity contribution in [2.24, 2.45) is 0 Å². The van der Waals surface area contributed by atoms with Crippen molar-refractivity contribution < 1.29 is 18.0 Å².